The van der Waals surface area contributed by atoms with Gasteiger partial charge in [-0.3, -0.25) is 0 Å². The lowest BCUT2D eigenvalue weighted by Gasteiger charge is -2.64. The maximum absolute atomic E-state index is 6.22. The second-order valence-electron chi connectivity index (χ2n) is 10.9. The van der Waals surface area contributed by atoms with Crippen LogP contribution in [0.25, 0.3) is 0 Å². The van der Waals surface area contributed by atoms with Crippen molar-refractivity contribution in [3.05, 3.63) is 70.7 Å². The lowest BCUT2D eigenvalue weighted by molar-refractivity contribution is -0.0894. The van der Waals surface area contributed by atoms with Crippen LogP contribution in [0.4, 0.5) is 0 Å². The zero-order valence-electron chi connectivity index (χ0n) is 18.5. The van der Waals surface area contributed by atoms with E-state index in [1.807, 2.05) is 0 Å². The molecule has 4 atom stereocenters. The van der Waals surface area contributed by atoms with E-state index in [0.29, 0.717) is 22.9 Å². The molecule has 1 nitrogen and oxygen atoms in total. The molecular weight excluding hydrogens is 386 g/mol. The van der Waals surface area contributed by atoms with Crippen molar-refractivity contribution >= 4 is 11.6 Å². The standard InChI is InChI=1S/C28H36ClN/c1-20(8-9-22-6-4-3-5-7-22)30-21(2)27-15-23-14-24(16-27)18-28(17-23,19-27)25-10-12-26(29)13-11-25/h3-7,10-13,20-21,23-24,30H,8-9,14-19H2,1-2H3/t20-,21+,23-,24-,27?,28?/m0/s1. The molecule has 0 unspecified atom stereocenters. The molecule has 4 aliphatic carbocycles. The van der Waals surface area contributed by atoms with Crippen LogP contribution >= 0.6 is 11.6 Å². The first kappa shape index (κ1) is 20.6. The minimum atomic E-state index is 0.387. The smallest absolute Gasteiger partial charge is 0.0406 e. The highest BCUT2D eigenvalue weighted by Gasteiger charge is 2.59. The highest BCUT2D eigenvalue weighted by Crippen LogP contribution is 2.66. The van der Waals surface area contributed by atoms with Crippen LogP contribution in [-0.4, -0.2) is 12.1 Å². The molecule has 2 aromatic carbocycles. The molecule has 4 fully saturated rings. The van der Waals surface area contributed by atoms with Gasteiger partial charge in [-0.2, -0.15) is 0 Å². The molecule has 0 heterocycles. The van der Waals surface area contributed by atoms with E-state index in [1.165, 1.54) is 50.5 Å². The molecule has 0 saturated heterocycles. The Balaban J connectivity index is 1.30. The Morgan fingerprint density at radius 2 is 1.60 bits per heavy atom. The predicted octanol–water partition coefficient (Wildman–Crippen LogP) is 7.18. The van der Waals surface area contributed by atoms with Crippen molar-refractivity contribution in [2.45, 2.75) is 82.7 Å². The molecular formula is C28H36ClN. The van der Waals surface area contributed by atoms with Crippen molar-refractivity contribution in [2.24, 2.45) is 17.3 Å². The van der Waals surface area contributed by atoms with Crippen LogP contribution < -0.4 is 5.32 Å². The summed E-state index contributed by atoms with van der Waals surface area (Å²) in [5, 5.41) is 4.93. The average molecular weight is 422 g/mol. The summed E-state index contributed by atoms with van der Waals surface area (Å²) < 4.78 is 0. The van der Waals surface area contributed by atoms with Crippen LogP contribution in [0, 0.1) is 17.3 Å². The van der Waals surface area contributed by atoms with Crippen molar-refractivity contribution in [2.75, 3.05) is 0 Å². The molecule has 4 saturated carbocycles. The van der Waals surface area contributed by atoms with E-state index in [0.717, 1.165) is 23.3 Å². The molecule has 0 aliphatic heterocycles. The Kier molecular flexibility index (Phi) is 5.48. The maximum Gasteiger partial charge on any atom is 0.0406 e. The Labute approximate surface area is 187 Å². The van der Waals surface area contributed by atoms with Crippen molar-refractivity contribution < 1.29 is 0 Å². The molecule has 0 radical (unpaired) electrons. The van der Waals surface area contributed by atoms with Gasteiger partial charge in [-0.05, 0) is 111 Å². The third-order valence-corrected chi connectivity index (χ3v) is 8.98. The van der Waals surface area contributed by atoms with Gasteiger partial charge in [-0.15, -0.1) is 0 Å². The van der Waals surface area contributed by atoms with Gasteiger partial charge in [0, 0.05) is 17.1 Å². The highest BCUT2D eigenvalue weighted by atomic mass is 35.5. The fourth-order valence-electron chi connectivity index (χ4n) is 7.70. The third-order valence-electron chi connectivity index (χ3n) is 8.72. The summed E-state index contributed by atoms with van der Waals surface area (Å²) >= 11 is 6.22. The van der Waals surface area contributed by atoms with Crippen molar-refractivity contribution in [3.8, 4) is 0 Å². The first-order chi connectivity index (χ1) is 14.5. The third kappa shape index (κ3) is 3.84. The summed E-state index contributed by atoms with van der Waals surface area (Å²) in [6.45, 7) is 4.87. The molecule has 4 bridgehead atoms. The molecule has 160 valence electrons. The van der Waals surface area contributed by atoms with E-state index in [2.05, 4.69) is 73.8 Å². The van der Waals surface area contributed by atoms with Crippen LogP contribution in [-0.2, 0) is 11.8 Å². The van der Waals surface area contributed by atoms with E-state index in [4.69, 9.17) is 11.6 Å². The molecule has 1 N–H and O–H groups in total. The van der Waals surface area contributed by atoms with E-state index < -0.39 is 0 Å². The molecule has 4 aliphatic rings. The first-order valence-electron chi connectivity index (χ1n) is 12.0. The fraction of sp³-hybridized carbons (Fsp3) is 0.571. The van der Waals surface area contributed by atoms with Crippen LogP contribution in [0.2, 0.25) is 5.02 Å². The molecule has 0 spiro atoms. The Bertz CT molecular complexity index is 844. The largest absolute Gasteiger partial charge is 0.311 e. The van der Waals surface area contributed by atoms with Crippen molar-refractivity contribution in [1.29, 1.82) is 0 Å². The summed E-state index contributed by atoms with van der Waals surface area (Å²) in [5.41, 5.74) is 3.85. The number of rotatable bonds is 7. The van der Waals surface area contributed by atoms with Crippen molar-refractivity contribution in [1.82, 2.24) is 5.32 Å². The second kappa shape index (κ2) is 7.99. The second-order valence-corrected chi connectivity index (χ2v) is 11.4. The van der Waals surface area contributed by atoms with Crippen LogP contribution in [0.1, 0.15) is 69.9 Å². The van der Waals surface area contributed by atoms with Gasteiger partial charge in [-0.1, -0.05) is 54.1 Å². The normalized spacial score (nSPS) is 34.1. The summed E-state index contributed by atoms with van der Waals surface area (Å²) in [6, 6.07) is 20.9. The van der Waals surface area contributed by atoms with Gasteiger partial charge in [0.05, 0.1) is 0 Å². The van der Waals surface area contributed by atoms with E-state index in [-0.39, 0.29) is 0 Å². The van der Waals surface area contributed by atoms with Gasteiger partial charge >= 0.3 is 0 Å². The van der Waals surface area contributed by atoms with Gasteiger partial charge in [0.15, 0.2) is 0 Å². The topological polar surface area (TPSA) is 12.0 Å². The van der Waals surface area contributed by atoms with E-state index >= 15 is 0 Å². The van der Waals surface area contributed by atoms with Gasteiger partial charge in [0.2, 0.25) is 0 Å². The average Bonchev–Trinajstić information content (AvgIpc) is 2.72. The lowest BCUT2D eigenvalue weighted by Crippen LogP contribution is -2.60. The lowest BCUT2D eigenvalue weighted by atomic mass is 9.41. The van der Waals surface area contributed by atoms with Gasteiger partial charge in [0.1, 0.15) is 0 Å². The zero-order chi connectivity index (χ0) is 20.8. The summed E-state index contributed by atoms with van der Waals surface area (Å²) in [6.07, 6.45) is 10.8. The molecule has 0 amide bonds. The molecule has 30 heavy (non-hydrogen) atoms. The fourth-order valence-corrected chi connectivity index (χ4v) is 7.82. The minimum Gasteiger partial charge on any atom is -0.311 e. The quantitative estimate of drug-likeness (QED) is 0.499. The number of halogens is 1. The SMILES string of the molecule is C[C@@H](CCc1ccccc1)N[C@H](C)C12C[C@@H]3C[C@H](CC(c4ccc(Cl)cc4)(C3)C1)C2. The minimum absolute atomic E-state index is 0.387. The monoisotopic (exact) mass is 421 g/mol. The highest BCUT2D eigenvalue weighted by molar-refractivity contribution is 6.30. The number of nitrogens with one attached hydrogen (secondary N) is 1. The first-order valence-corrected chi connectivity index (χ1v) is 12.4. The predicted molar refractivity (Wildman–Crippen MR) is 127 cm³/mol. The molecule has 2 heteroatoms. The summed E-state index contributed by atoms with van der Waals surface area (Å²) in [4.78, 5) is 0. The van der Waals surface area contributed by atoms with Crippen LogP contribution in [0.15, 0.2) is 54.6 Å². The Morgan fingerprint density at radius 1 is 0.933 bits per heavy atom. The van der Waals surface area contributed by atoms with E-state index in [1.54, 1.807) is 5.56 Å². The summed E-state index contributed by atoms with van der Waals surface area (Å²) in [7, 11) is 0. The zero-order valence-corrected chi connectivity index (χ0v) is 19.3. The van der Waals surface area contributed by atoms with Crippen LogP contribution in [0.5, 0.6) is 0 Å². The molecule has 2 aromatic rings. The van der Waals surface area contributed by atoms with Gasteiger partial charge < -0.3 is 5.32 Å². The molecule has 6 rings (SSSR count). The van der Waals surface area contributed by atoms with Gasteiger partial charge in [0.25, 0.3) is 0 Å². The van der Waals surface area contributed by atoms with E-state index in [9.17, 15) is 0 Å². The number of hydrogen-bond donors (Lipinski definition) is 1. The Hall–Kier alpha value is -1.31. The van der Waals surface area contributed by atoms with Gasteiger partial charge in [-0.25, -0.2) is 0 Å². The van der Waals surface area contributed by atoms with Crippen molar-refractivity contribution in [3.63, 3.8) is 0 Å². The molecule has 0 aromatic heterocycles. The summed E-state index contributed by atoms with van der Waals surface area (Å²) in [5.74, 6) is 1.82. The number of benzene rings is 2. The maximum atomic E-state index is 6.22. The van der Waals surface area contributed by atoms with Crippen LogP contribution in [0.3, 0.4) is 0 Å². The number of hydrogen-bond acceptors (Lipinski definition) is 1. The Morgan fingerprint density at radius 3 is 2.27 bits per heavy atom. The number of aryl methyl sites for hydroxylation is 1.